The average Bonchev–Trinajstić information content (AvgIpc) is 2.89. The van der Waals surface area contributed by atoms with E-state index in [9.17, 15) is 12.8 Å². The van der Waals surface area contributed by atoms with Crippen molar-refractivity contribution in [3.05, 3.63) is 41.8 Å². The third-order valence-electron chi connectivity index (χ3n) is 2.32. The molecule has 0 amide bonds. The second-order valence-corrected chi connectivity index (χ2v) is 5.32. The van der Waals surface area contributed by atoms with Gasteiger partial charge in [-0.25, -0.2) is 17.5 Å². The van der Waals surface area contributed by atoms with Crippen molar-refractivity contribution in [2.75, 3.05) is 0 Å². The van der Waals surface area contributed by atoms with Gasteiger partial charge in [-0.2, -0.15) is 4.98 Å². The maximum absolute atomic E-state index is 13.1. The minimum absolute atomic E-state index is 0.0991. The van der Waals surface area contributed by atoms with Crippen LogP contribution in [0.1, 0.15) is 11.4 Å². The number of hydrogen-bond donors (Lipinski definition) is 2. The van der Waals surface area contributed by atoms with Crippen LogP contribution < -0.4 is 4.72 Å². The molecule has 1 aromatic carbocycles. The number of sulfonamides is 1. The summed E-state index contributed by atoms with van der Waals surface area (Å²) in [5, 5.41) is 12.5. The predicted molar refractivity (Wildman–Crippen MR) is 60.6 cm³/mol. The van der Waals surface area contributed by atoms with Crippen molar-refractivity contribution in [2.24, 2.45) is 0 Å². The van der Waals surface area contributed by atoms with E-state index in [1.807, 2.05) is 0 Å². The number of hydrogen-bond acceptors (Lipinski definition) is 6. The summed E-state index contributed by atoms with van der Waals surface area (Å²) in [6.07, 6.45) is 1.06. The van der Waals surface area contributed by atoms with Gasteiger partial charge in [-0.3, -0.25) is 0 Å². The Morgan fingerprint density at radius 1 is 1.42 bits per heavy atom. The fourth-order valence-corrected chi connectivity index (χ4v) is 2.64. The number of aliphatic hydroxyl groups excluding tert-OH is 1. The summed E-state index contributed by atoms with van der Waals surface area (Å²) >= 11 is 0. The van der Waals surface area contributed by atoms with Crippen molar-refractivity contribution >= 4 is 10.0 Å². The molecule has 0 bridgehead atoms. The number of nitrogens with one attached hydrogen (secondary N) is 1. The Bertz CT molecular complexity index is 657. The summed E-state index contributed by atoms with van der Waals surface area (Å²) < 4.78 is 43.7. The molecule has 0 aliphatic carbocycles. The molecule has 102 valence electrons. The van der Waals surface area contributed by atoms with Gasteiger partial charge in [0.05, 0.1) is 18.0 Å². The first-order chi connectivity index (χ1) is 9.03. The summed E-state index contributed by atoms with van der Waals surface area (Å²) in [6, 6.07) is 3.12. The van der Waals surface area contributed by atoms with E-state index >= 15 is 0 Å². The van der Waals surface area contributed by atoms with Gasteiger partial charge in [-0.1, -0.05) is 11.2 Å². The van der Waals surface area contributed by atoms with Gasteiger partial charge >= 0.3 is 0 Å². The standard InChI is InChI=1S/C10H10FN3O4S/c11-8-2-1-7(5-15)9(3-8)19(16,17)13-4-10-12-6-18-14-10/h1-3,6,13,15H,4-5H2. The van der Waals surface area contributed by atoms with Crippen LogP contribution in [0.25, 0.3) is 0 Å². The van der Waals surface area contributed by atoms with Crippen LogP contribution in [0.15, 0.2) is 34.0 Å². The zero-order valence-electron chi connectivity index (χ0n) is 9.58. The SMILES string of the molecule is O=S(=O)(NCc1ncon1)c1cc(F)ccc1CO. The lowest BCUT2D eigenvalue weighted by molar-refractivity contribution is 0.278. The van der Waals surface area contributed by atoms with E-state index in [1.165, 1.54) is 6.07 Å². The number of rotatable bonds is 5. The highest BCUT2D eigenvalue weighted by Crippen LogP contribution is 2.17. The number of aromatic nitrogens is 2. The Balaban J connectivity index is 2.26. The predicted octanol–water partition coefficient (Wildman–Crippen LogP) is 0.179. The molecule has 0 unspecified atom stereocenters. The van der Waals surface area contributed by atoms with E-state index in [4.69, 9.17) is 5.11 Å². The van der Waals surface area contributed by atoms with Crippen LogP contribution >= 0.6 is 0 Å². The molecule has 2 rings (SSSR count). The van der Waals surface area contributed by atoms with Gasteiger partial charge in [0.1, 0.15) is 5.82 Å². The minimum Gasteiger partial charge on any atom is -0.392 e. The summed E-state index contributed by atoms with van der Waals surface area (Å²) in [5.74, 6) is -0.567. The van der Waals surface area contributed by atoms with E-state index in [2.05, 4.69) is 19.4 Å². The Morgan fingerprint density at radius 3 is 2.84 bits per heavy atom. The van der Waals surface area contributed by atoms with E-state index in [1.54, 1.807) is 0 Å². The Kier molecular flexibility index (Phi) is 3.88. The normalized spacial score (nSPS) is 11.7. The number of nitrogens with zero attached hydrogens (tertiary/aromatic N) is 2. The third kappa shape index (κ3) is 3.13. The topological polar surface area (TPSA) is 105 Å². The number of halogens is 1. The van der Waals surface area contributed by atoms with Crippen molar-refractivity contribution in [2.45, 2.75) is 18.0 Å². The van der Waals surface area contributed by atoms with Gasteiger partial charge in [0.2, 0.25) is 16.4 Å². The molecule has 0 fully saturated rings. The summed E-state index contributed by atoms with van der Waals surface area (Å²) in [5.41, 5.74) is 0.0991. The molecule has 0 atom stereocenters. The average molecular weight is 287 g/mol. The molecule has 1 aromatic heterocycles. The van der Waals surface area contributed by atoms with Gasteiger partial charge in [-0.15, -0.1) is 0 Å². The maximum atomic E-state index is 13.1. The maximum Gasteiger partial charge on any atom is 0.241 e. The van der Waals surface area contributed by atoms with Crippen LogP contribution in [0.2, 0.25) is 0 Å². The highest BCUT2D eigenvalue weighted by Gasteiger charge is 2.19. The van der Waals surface area contributed by atoms with Crippen molar-refractivity contribution in [3.63, 3.8) is 0 Å². The van der Waals surface area contributed by atoms with Gasteiger partial charge in [0.15, 0.2) is 5.82 Å². The van der Waals surface area contributed by atoms with Crippen LogP contribution in [0.4, 0.5) is 4.39 Å². The first kappa shape index (κ1) is 13.6. The van der Waals surface area contributed by atoms with Crippen molar-refractivity contribution in [1.29, 1.82) is 0 Å². The highest BCUT2D eigenvalue weighted by molar-refractivity contribution is 7.89. The van der Waals surface area contributed by atoms with E-state index in [0.29, 0.717) is 0 Å². The van der Waals surface area contributed by atoms with Crippen molar-refractivity contribution in [1.82, 2.24) is 14.9 Å². The first-order valence-electron chi connectivity index (χ1n) is 5.17. The zero-order chi connectivity index (χ0) is 13.9. The van der Waals surface area contributed by atoms with Crippen LogP contribution in [-0.4, -0.2) is 23.7 Å². The fraction of sp³-hybridized carbons (Fsp3) is 0.200. The van der Waals surface area contributed by atoms with Gasteiger partial charge < -0.3 is 9.63 Å². The highest BCUT2D eigenvalue weighted by atomic mass is 32.2. The van der Waals surface area contributed by atoms with Crippen LogP contribution in [0.5, 0.6) is 0 Å². The number of aliphatic hydroxyl groups is 1. The number of benzene rings is 1. The molecule has 0 aliphatic rings. The Morgan fingerprint density at radius 2 is 2.21 bits per heavy atom. The largest absolute Gasteiger partial charge is 0.392 e. The second-order valence-electron chi connectivity index (χ2n) is 3.58. The fourth-order valence-electron chi connectivity index (χ4n) is 1.42. The van der Waals surface area contributed by atoms with E-state index < -0.39 is 22.4 Å². The molecule has 7 nitrogen and oxygen atoms in total. The van der Waals surface area contributed by atoms with Gasteiger partial charge in [-0.05, 0) is 17.7 Å². The Labute approximate surface area is 108 Å². The second kappa shape index (κ2) is 5.43. The molecular weight excluding hydrogens is 277 g/mol. The molecule has 2 N–H and O–H groups in total. The van der Waals surface area contributed by atoms with Crippen molar-refractivity contribution in [3.8, 4) is 0 Å². The molecule has 0 saturated heterocycles. The lowest BCUT2D eigenvalue weighted by atomic mass is 10.2. The lowest BCUT2D eigenvalue weighted by Crippen LogP contribution is -2.25. The van der Waals surface area contributed by atoms with Crippen molar-refractivity contribution < 1.29 is 22.4 Å². The monoisotopic (exact) mass is 287 g/mol. The van der Waals surface area contributed by atoms with E-state index in [-0.39, 0.29) is 22.8 Å². The molecule has 2 aromatic rings. The minimum atomic E-state index is -3.97. The Hall–Kier alpha value is -1.84. The molecular formula is C10H10FN3O4S. The smallest absolute Gasteiger partial charge is 0.241 e. The molecule has 19 heavy (non-hydrogen) atoms. The van der Waals surface area contributed by atoms with Crippen LogP contribution in [0, 0.1) is 5.82 Å². The van der Waals surface area contributed by atoms with Gasteiger partial charge in [0.25, 0.3) is 0 Å². The molecule has 9 heteroatoms. The van der Waals surface area contributed by atoms with Crippen LogP contribution in [0.3, 0.4) is 0 Å². The summed E-state index contributed by atoms with van der Waals surface area (Å²) in [4.78, 5) is 3.32. The molecule has 0 aliphatic heterocycles. The third-order valence-corrected chi connectivity index (χ3v) is 3.80. The summed E-state index contributed by atoms with van der Waals surface area (Å²) in [7, 11) is -3.97. The molecule has 0 radical (unpaired) electrons. The molecule has 1 heterocycles. The van der Waals surface area contributed by atoms with Gasteiger partial charge in [0, 0.05) is 0 Å². The van der Waals surface area contributed by atoms with Crippen LogP contribution in [-0.2, 0) is 23.2 Å². The zero-order valence-corrected chi connectivity index (χ0v) is 10.4. The lowest BCUT2D eigenvalue weighted by Gasteiger charge is -2.09. The quantitative estimate of drug-likeness (QED) is 0.812. The molecule has 0 spiro atoms. The first-order valence-corrected chi connectivity index (χ1v) is 6.65. The van der Waals surface area contributed by atoms with E-state index in [0.717, 1.165) is 18.5 Å². The molecule has 0 saturated carbocycles. The summed E-state index contributed by atoms with van der Waals surface area (Å²) in [6.45, 7) is -0.709.